The maximum atomic E-state index is 12.9. The molecule has 0 saturated carbocycles. The SMILES string of the molecule is CC/C=C\C/C=C\C/C=C\C/C=C\C/C=C\C/C=C\CCCCC(=O)OCC(COC(=O)CCCCCCCCCCCCCCCCC)OC(=O)CCCCCCCCC/C=C\CCCCCCCC. The van der Waals surface area contributed by atoms with E-state index < -0.39 is 6.10 Å². The fourth-order valence-electron chi connectivity index (χ4n) is 8.38. The zero-order chi connectivity index (χ0) is 51.4. The van der Waals surface area contributed by atoms with Crippen LogP contribution in [0, 0.1) is 0 Å². The molecule has 0 heterocycles. The molecule has 408 valence electrons. The van der Waals surface area contributed by atoms with Crippen LogP contribution in [-0.4, -0.2) is 37.2 Å². The number of hydrogen-bond donors (Lipinski definition) is 0. The minimum Gasteiger partial charge on any atom is -0.462 e. The van der Waals surface area contributed by atoms with Crippen LogP contribution in [0.4, 0.5) is 0 Å². The van der Waals surface area contributed by atoms with Crippen molar-refractivity contribution in [1.82, 2.24) is 0 Å². The lowest BCUT2D eigenvalue weighted by molar-refractivity contribution is -0.167. The van der Waals surface area contributed by atoms with Gasteiger partial charge in [-0.05, 0) is 96.3 Å². The highest BCUT2D eigenvalue weighted by molar-refractivity contribution is 5.71. The summed E-state index contributed by atoms with van der Waals surface area (Å²) < 4.78 is 16.9. The minimum absolute atomic E-state index is 0.0898. The molecule has 0 fully saturated rings. The molecule has 1 unspecified atom stereocenters. The summed E-state index contributed by atoms with van der Waals surface area (Å²) in [6, 6.07) is 0. The molecule has 0 aliphatic rings. The van der Waals surface area contributed by atoms with Gasteiger partial charge in [0.25, 0.3) is 0 Å². The molecule has 0 amide bonds. The molecule has 0 saturated heterocycles. The maximum absolute atomic E-state index is 12.9. The molecule has 6 nitrogen and oxygen atoms in total. The third-order valence-electron chi connectivity index (χ3n) is 12.9. The number of allylic oxidation sites excluding steroid dienone is 14. The lowest BCUT2D eigenvalue weighted by atomic mass is 10.0. The third kappa shape index (κ3) is 57.4. The van der Waals surface area contributed by atoms with E-state index in [4.69, 9.17) is 14.2 Å². The number of hydrogen-bond acceptors (Lipinski definition) is 6. The van der Waals surface area contributed by atoms with Gasteiger partial charge in [0.05, 0.1) is 0 Å². The van der Waals surface area contributed by atoms with Gasteiger partial charge in [-0.3, -0.25) is 14.4 Å². The van der Waals surface area contributed by atoms with Gasteiger partial charge < -0.3 is 14.2 Å². The van der Waals surface area contributed by atoms with E-state index in [-0.39, 0.29) is 31.1 Å². The Morgan fingerprint density at radius 3 is 0.901 bits per heavy atom. The average molecular weight is 990 g/mol. The Hall–Kier alpha value is -3.41. The molecule has 0 aliphatic carbocycles. The zero-order valence-electron chi connectivity index (χ0n) is 46.7. The molecule has 0 aliphatic heterocycles. The van der Waals surface area contributed by atoms with Gasteiger partial charge in [-0.15, -0.1) is 0 Å². The highest BCUT2D eigenvalue weighted by Gasteiger charge is 2.19. The van der Waals surface area contributed by atoms with Crippen molar-refractivity contribution in [2.45, 2.75) is 297 Å². The fourth-order valence-corrected chi connectivity index (χ4v) is 8.38. The van der Waals surface area contributed by atoms with Gasteiger partial charge in [-0.1, -0.05) is 260 Å². The molecule has 0 N–H and O–H groups in total. The van der Waals surface area contributed by atoms with Crippen molar-refractivity contribution in [3.05, 3.63) is 85.1 Å². The van der Waals surface area contributed by atoms with E-state index in [0.29, 0.717) is 19.3 Å². The average Bonchev–Trinajstić information content (AvgIpc) is 3.37. The van der Waals surface area contributed by atoms with Crippen LogP contribution in [-0.2, 0) is 28.6 Å². The van der Waals surface area contributed by atoms with Crippen molar-refractivity contribution < 1.29 is 28.6 Å². The van der Waals surface area contributed by atoms with Gasteiger partial charge in [0, 0.05) is 19.3 Å². The molecule has 71 heavy (non-hydrogen) atoms. The molecule has 0 rings (SSSR count). The molecule has 0 bridgehead atoms. The van der Waals surface area contributed by atoms with Crippen LogP contribution in [0.15, 0.2) is 85.1 Å². The van der Waals surface area contributed by atoms with E-state index in [1.165, 1.54) is 154 Å². The number of carbonyl (C=O) groups is 3. The fraction of sp³-hybridized carbons (Fsp3) is 0.738. The Kier molecular flexibility index (Phi) is 56.3. The lowest BCUT2D eigenvalue weighted by Gasteiger charge is -2.18. The van der Waals surface area contributed by atoms with E-state index in [1.54, 1.807) is 0 Å². The lowest BCUT2D eigenvalue weighted by Crippen LogP contribution is -2.30. The van der Waals surface area contributed by atoms with Crippen molar-refractivity contribution in [3.63, 3.8) is 0 Å². The highest BCUT2D eigenvalue weighted by atomic mass is 16.6. The molecule has 6 heteroatoms. The normalized spacial score (nSPS) is 12.7. The second-order valence-electron chi connectivity index (χ2n) is 19.9. The van der Waals surface area contributed by atoms with Crippen LogP contribution in [0.1, 0.15) is 290 Å². The van der Waals surface area contributed by atoms with Crippen molar-refractivity contribution in [2.75, 3.05) is 13.2 Å². The van der Waals surface area contributed by atoms with Gasteiger partial charge in [0.2, 0.25) is 0 Å². The zero-order valence-corrected chi connectivity index (χ0v) is 46.7. The molecule has 0 radical (unpaired) electrons. The summed E-state index contributed by atoms with van der Waals surface area (Å²) in [6.45, 7) is 6.51. The molecule has 0 aromatic rings. The first-order valence-electron chi connectivity index (χ1n) is 30.1. The second kappa shape index (κ2) is 59.2. The molecule has 0 aromatic heterocycles. The van der Waals surface area contributed by atoms with Crippen LogP contribution in [0.5, 0.6) is 0 Å². The van der Waals surface area contributed by atoms with Gasteiger partial charge in [-0.2, -0.15) is 0 Å². The maximum Gasteiger partial charge on any atom is 0.306 e. The van der Waals surface area contributed by atoms with Crippen molar-refractivity contribution >= 4 is 17.9 Å². The van der Waals surface area contributed by atoms with Crippen LogP contribution in [0.3, 0.4) is 0 Å². The Balaban J connectivity index is 4.45. The van der Waals surface area contributed by atoms with E-state index >= 15 is 0 Å². The summed E-state index contributed by atoms with van der Waals surface area (Å²) >= 11 is 0. The van der Waals surface area contributed by atoms with Crippen LogP contribution in [0.25, 0.3) is 0 Å². The van der Waals surface area contributed by atoms with E-state index in [9.17, 15) is 14.4 Å². The second-order valence-corrected chi connectivity index (χ2v) is 19.9. The summed E-state index contributed by atoms with van der Waals surface area (Å²) in [5, 5.41) is 0. The summed E-state index contributed by atoms with van der Waals surface area (Å²) in [5.41, 5.74) is 0. The molecular formula is C65H112O6. The van der Waals surface area contributed by atoms with Gasteiger partial charge in [0.1, 0.15) is 13.2 Å². The van der Waals surface area contributed by atoms with Gasteiger partial charge in [0.15, 0.2) is 6.10 Å². The summed E-state index contributed by atoms with van der Waals surface area (Å²) in [4.78, 5) is 38.2. The number of rotatable bonds is 54. The van der Waals surface area contributed by atoms with E-state index in [2.05, 4.69) is 106 Å². The topological polar surface area (TPSA) is 78.9 Å². The quantitative estimate of drug-likeness (QED) is 0.0261. The van der Waals surface area contributed by atoms with Crippen LogP contribution >= 0.6 is 0 Å². The first-order valence-corrected chi connectivity index (χ1v) is 30.1. The van der Waals surface area contributed by atoms with Gasteiger partial charge in [-0.25, -0.2) is 0 Å². The first kappa shape index (κ1) is 67.6. The van der Waals surface area contributed by atoms with Crippen molar-refractivity contribution in [1.29, 1.82) is 0 Å². The predicted molar refractivity (Wildman–Crippen MR) is 307 cm³/mol. The summed E-state index contributed by atoms with van der Waals surface area (Å²) in [7, 11) is 0. The monoisotopic (exact) mass is 989 g/mol. The molecule has 0 aromatic carbocycles. The number of ether oxygens (including phenoxy) is 3. The van der Waals surface area contributed by atoms with Crippen LogP contribution in [0.2, 0.25) is 0 Å². The summed E-state index contributed by atoms with van der Waals surface area (Å²) in [6.07, 6.45) is 77.2. The number of unbranched alkanes of at least 4 members (excludes halogenated alkanes) is 29. The standard InChI is InChI=1S/C65H112O6/c1-4-7-10-13-16-19-22-25-28-30-31-32-33-35-37-40-43-46-49-52-55-58-64(67)70-61-62(60-69-63(66)57-54-51-48-45-42-39-36-27-24-21-18-15-12-9-6-3)71-65(68)59-56-53-50-47-44-41-38-34-29-26-23-20-17-14-11-8-5-2/h7,10,16,19,25-26,28-29,31-32,35,37,43,46,62H,4-6,8-9,11-15,17-18,20-24,27,30,33-34,36,38-42,44-45,47-61H2,1-3H3/b10-7-,19-16-,28-25-,29-26-,32-31-,37-35-,46-43-. The Morgan fingerprint density at radius 1 is 0.296 bits per heavy atom. The minimum atomic E-state index is -0.796. The Bertz CT molecular complexity index is 1370. The van der Waals surface area contributed by atoms with Gasteiger partial charge >= 0.3 is 17.9 Å². The number of carbonyl (C=O) groups excluding carboxylic acids is 3. The summed E-state index contributed by atoms with van der Waals surface area (Å²) in [5.74, 6) is -0.929. The highest BCUT2D eigenvalue weighted by Crippen LogP contribution is 2.16. The third-order valence-corrected chi connectivity index (χ3v) is 12.9. The van der Waals surface area contributed by atoms with Crippen molar-refractivity contribution in [3.8, 4) is 0 Å². The molecule has 0 spiro atoms. The Labute approximate surface area is 439 Å². The largest absolute Gasteiger partial charge is 0.462 e. The molecular weight excluding hydrogens is 877 g/mol. The van der Waals surface area contributed by atoms with Crippen LogP contribution < -0.4 is 0 Å². The number of esters is 3. The molecule has 1 atom stereocenters. The van der Waals surface area contributed by atoms with Crippen molar-refractivity contribution in [2.24, 2.45) is 0 Å². The smallest absolute Gasteiger partial charge is 0.306 e. The van der Waals surface area contributed by atoms with E-state index in [0.717, 1.165) is 96.3 Å². The Morgan fingerprint density at radius 2 is 0.549 bits per heavy atom. The van der Waals surface area contributed by atoms with E-state index in [1.807, 2.05) is 0 Å². The predicted octanol–water partition coefficient (Wildman–Crippen LogP) is 20.3. The first-order chi connectivity index (χ1) is 35.0.